The average molecular weight is 244 g/mol. The molecule has 0 unspecified atom stereocenters. The Morgan fingerprint density at radius 3 is 1.44 bits per heavy atom. The lowest BCUT2D eigenvalue weighted by Gasteiger charge is -2.40. The molecule has 3 aliphatic rings. The molecule has 18 heavy (non-hydrogen) atoms. The minimum Gasteiger partial charge on any atom is -0.366 e. The molecule has 1 aromatic carbocycles. The smallest absolute Gasteiger partial charge is 0.248 e. The van der Waals surface area contributed by atoms with Crippen molar-refractivity contribution in [1.82, 2.24) is 0 Å². The van der Waals surface area contributed by atoms with E-state index in [2.05, 4.69) is 0 Å². The van der Waals surface area contributed by atoms with Gasteiger partial charge in [0.25, 0.3) is 0 Å². The second-order valence-corrected chi connectivity index (χ2v) is 5.27. The van der Waals surface area contributed by atoms with E-state index in [4.69, 9.17) is 11.5 Å². The van der Waals surface area contributed by atoms with Crippen LogP contribution in [0, 0.1) is 0 Å². The van der Waals surface area contributed by atoms with Crippen molar-refractivity contribution in [3.63, 3.8) is 0 Å². The molecule has 0 atom stereocenters. The Morgan fingerprint density at radius 1 is 0.833 bits per heavy atom. The molecule has 94 valence electrons. The lowest BCUT2D eigenvalue weighted by molar-refractivity contribution is 0.0983. The van der Waals surface area contributed by atoms with E-state index in [-0.39, 0.29) is 0 Å². The Hall–Kier alpha value is -1.84. The molecular weight excluding hydrogens is 228 g/mol. The van der Waals surface area contributed by atoms with Crippen molar-refractivity contribution in [3.8, 4) is 0 Å². The third-order valence-corrected chi connectivity index (χ3v) is 4.36. The summed E-state index contributed by atoms with van der Waals surface area (Å²) in [5.41, 5.74) is 14.0. The Labute approximate surface area is 105 Å². The zero-order valence-corrected chi connectivity index (χ0v) is 10.1. The number of fused-ring (bicyclic) bond motifs is 2. The molecule has 1 fully saturated rings. The first-order valence-electron chi connectivity index (χ1n) is 6.36. The van der Waals surface area contributed by atoms with Gasteiger partial charge in [-0.1, -0.05) is 0 Å². The summed E-state index contributed by atoms with van der Waals surface area (Å²) in [6, 6.07) is 3.31. The fraction of sp³-hybridized carbons (Fsp3) is 0.429. The van der Waals surface area contributed by atoms with Gasteiger partial charge >= 0.3 is 0 Å². The van der Waals surface area contributed by atoms with E-state index in [1.165, 1.54) is 0 Å². The first kappa shape index (κ1) is 11.3. The SMILES string of the molecule is NC(=O)c1ccc(C(N)=O)c2c1C1CCC2CC1. The van der Waals surface area contributed by atoms with Gasteiger partial charge in [0.15, 0.2) is 0 Å². The molecule has 2 bridgehead atoms. The summed E-state index contributed by atoms with van der Waals surface area (Å²) >= 11 is 0. The summed E-state index contributed by atoms with van der Waals surface area (Å²) in [5, 5.41) is 0. The number of hydrogen-bond donors (Lipinski definition) is 2. The highest BCUT2D eigenvalue weighted by Gasteiger charge is 2.37. The Balaban J connectivity index is 2.29. The number of nitrogens with two attached hydrogens (primary N) is 2. The lowest BCUT2D eigenvalue weighted by atomic mass is 9.64. The molecule has 4 heteroatoms. The van der Waals surface area contributed by atoms with E-state index in [0.717, 1.165) is 36.8 Å². The number of amides is 2. The molecule has 0 radical (unpaired) electrons. The van der Waals surface area contributed by atoms with Crippen LogP contribution in [0.4, 0.5) is 0 Å². The summed E-state index contributed by atoms with van der Waals surface area (Å²) < 4.78 is 0. The van der Waals surface area contributed by atoms with Crippen molar-refractivity contribution in [3.05, 3.63) is 34.4 Å². The van der Waals surface area contributed by atoms with Crippen LogP contribution in [0.3, 0.4) is 0 Å². The molecule has 1 aromatic rings. The molecular formula is C14H16N2O2. The molecule has 0 aromatic heterocycles. The van der Waals surface area contributed by atoms with Crippen molar-refractivity contribution in [2.45, 2.75) is 37.5 Å². The first-order valence-corrected chi connectivity index (χ1v) is 6.36. The van der Waals surface area contributed by atoms with Crippen molar-refractivity contribution in [2.24, 2.45) is 11.5 Å². The number of primary amides is 2. The molecule has 0 aliphatic heterocycles. The standard InChI is InChI=1S/C14H16N2O2/c15-13(17)9-5-6-10(14(16)18)12-8-2-1-7(3-4-8)11(9)12/h5-8H,1-4H2,(H2,15,17)(H2,16,18). The van der Waals surface area contributed by atoms with Crippen LogP contribution in [0.1, 0.15) is 69.4 Å². The summed E-state index contributed by atoms with van der Waals surface area (Å²) in [6.07, 6.45) is 4.33. The predicted octanol–water partition coefficient (Wildman–Crippen LogP) is 1.64. The van der Waals surface area contributed by atoms with Gasteiger partial charge in [-0.25, -0.2) is 0 Å². The highest BCUT2D eigenvalue weighted by atomic mass is 16.1. The molecule has 2 amide bonds. The summed E-state index contributed by atoms with van der Waals surface area (Å²) in [4.78, 5) is 23.1. The Kier molecular flexibility index (Phi) is 2.40. The molecule has 0 saturated heterocycles. The lowest BCUT2D eigenvalue weighted by Crippen LogP contribution is -2.29. The van der Waals surface area contributed by atoms with Crippen LogP contribution < -0.4 is 11.5 Å². The van der Waals surface area contributed by atoms with Crippen molar-refractivity contribution < 1.29 is 9.59 Å². The van der Waals surface area contributed by atoms with Gasteiger partial charge in [-0.05, 0) is 60.8 Å². The predicted molar refractivity (Wildman–Crippen MR) is 67.4 cm³/mol. The minimum atomic E-state index is -0.408. The fourth-order valence-corrected chi connectivity index (χ4v) is 3.62. The van der Waals surface area contributed by atoms with Gasteiger partial charge in [0.2, 0.25) is 11.8 Å². The number of carbonyl (C=O) groups excluding carboxylic acids is 2. The van der Waals surface area contributed by atoms with Gasteiger partial charge in [0.1, 0.15) is 0 Å². The quantitative estimate of drug-likeness (QED) is 0.828. The molecule has 4 nitrogen and oxygen atoms in total. The van der Waals surface area contributed by atoms with Crippen LogP contribution in [-0.2, 0) is 0 Å². The van der Waals surface area contributed by atoms with Gasteiger partial charge in [-0.3, -0.25) is 9.59 Å². The summed E-state index contributed by atoms with van der Waals surface area (Å²) in [5.74, 6) is -0.0803. The minimum absolute atomic E-state index is 0.367. The van der Waals surface area contributed by atoms with Crippen molar-refractivity contribution in [1.29, 1.82) is 0 Å². The van der Waals surface area contributed by atoms with Crippen LogP contribution in [0.5, 0.6) is 0 Å². The molecule has 1 saturated carbocycles. The highest BCUT2D eigenvalue weighted by Crippen LogP contribution is 2.51. The van der Waals surface area contributed by atoms with Crippen LogP contribution in [0.15, 0.2) is 12.1 Å². The molecule has 0 heterocycles. The molecule has 4 rings (SSSR count). The second-order valence-electron chi connectivity index (χ2n) is 5.27. The number of rotatable bonds is 2. The van der Waals surface area contributed by atoms with Gasteiger partial charge < -0.3 is 11.5 Å². The topological polar surface area (TPSA) is 86.2 Å². The van der Waals surface area contributed by atoms with E-state index in [0.29, 0.717) is 23.0 Å². The number of carbonyl (C=O) groups is 2. The van der Waals surface area contributed by atoms with Crippen molar-refractivity contribution in [2.75, 3.05) is 0 Å². The van der Waals surface area contributed by atoms with E-state index in [9.17, 15) is 9.59 Å². The van der Waals surface area contributed by atoms with E-state index < -0.39 is 11.8 Å². The monoisotopic (exact) mass is 244 g/mol. The normalized spacial score (nSPS) is 24.7. The molecule has 3 aliphatic carbocycles. The highest BCUT2D eigenvalue weighted by molar-refractivity contribution is 6.00. The van der Waals surface area contributed by atoms with Gasteiger partial charge in [-0.15, -0.1) is 0 Å². The summed E-state index contributed by atoms with van der Waals surface area (Å²) in [6.45, 7) is 0. The van der Waals surface area contributed by atoms with Crippen molar-refractivity contribution >= 4 is 11.8 Å². The number of benzene rings is 1. The fourth-order valence-electron chi connectivity index (χ4n) is 3.62. The van der Waals surface area contributed by atoms with E-state index >= 15 is 0 Å². The van der Waals surface area contributed by atoms with E-state index in [1.807, 2.05) is 0 Å². The molecule has 0 spiro atoms. The second kappa shape index (κ2) is 3.83. The zero-order valence-electron chi connectivity index (χ0n) is 10.1. The first-order chi connectivity index (χ1) is 8.59. The maximum absolute atomic E-state index is 11.5. The van der Waals surface area contributed by atoms with Crippen LogP contribution in [-0.4, -0.2) is 11.8 Å². The van der Waals surface area contributed by atoms with Gasteiger partial charge in [0.05, 0.1) is 0 Å². The third-order valence-electron chi connectivity index (χ3n) is 4.36. The van der Waals surface area contributed by atoms with Crippen LogP contribution >= 0.6 is 0 Å². The maximum atomic E-state index is 11.5. The third kappa shape index (κ3) is 1.45. The van der Waals surface area contributed by atoms with E-state index in [1.54, 1.807) is 12.1 Å². The summed E-state index contributed by atoms with van der Waals surface area (Å²) in [7, 11) is 0. The average Bonchev–Trinajstić information content (AvgIpc) is 2.38. The molecule has 4 N–H and O–H groups in total. The van der Waals surface area contributed by atoms with Crippen LogP contribution in [0.2, 0.25) is 0 Å². The number of hydrogen-bond acceptors (Lipinski definition) is 2. The van der Waals surface area contributed by atoms with Crippen LogP contribution in [0.25, 0.3) is 0 Å². The van der Waals surface area contributed by atoms with Gasteiger partial charge in [-0.2, -0.15) is 0 Å². The van der Waals surface area contributed by atoms with Gasteiger partial charge in [0, 0.05) is 11.1 Å². The maximum Gasteiger partial charge on any atom is 0.248 e. The Morgan fingerprint density at radius 2 is 1.17 bits per heavy atom. The zero-order chi connectivity index (χ0) is 12.9. The Bertz CT molecular complexity index is 494. The largest absolute Gasteiger partial charge is 0.366 e.